The topological polar surface area (TPSA) is 46.5 Å². The summed E-state index contributed by atoms with van der Waals surface area (Å²) in [6.07, 6.45) is 2.07. The first-order chi connectivity index (χ1) is 13.2. The summed E-state index contributed by atoms with van der Waals surface area (Å²) in [6, 6.07) is 19.7. The van der Waals surface area contributed by atoms with Crippen LogP contribution in [0.15, 0.2) is 66.9 Å². The van der Waals surface area contributed by atoms with Crippen molar-refractivity contribution in [2.75, 3.05) is 19.0 Å². The fourth-order valence-corrected chi connectivity index (χ4v) is 3.66. The van der Waals surface area contributed by atoms with E-state index in [1.807, 2.05) is 66.4 Å². The summed E-state index contributed by atoms with van der Waals surface area (Å²) in [5.41, 5.74) is 4.11. The highest BCUT2D eigenvalue weighted by Crippen LogP contribution is 2.33. The average molecular weight is 361 g/mol. The van der Waals surface area contributed by atoms with Crippen molar-refractivity contribution in [3.8, 4) is 5.75 Å². The van der Waals surface area contributed by atoms with Crippen molar-refractivity contribution in [1.29, 1.82) is 0 Å². The molecule has 2 heterocycles. The van der Waals surface area contributed by atoms with Gasteiger partial charge in [0.15, 0.2) is 0 Å². The van der Waals surface area contributed by atoms with Crippen LogP contribution in [0.25, 0.3) is 0 Å². The molecule has 1 N–H and O–H groups in total. The van der Waals surface area contributed by atoms with E-state index in [0.717, 1.165) is 34.8 Å². The molecule has 0 spiro atoms. The zero-order chi connectivity index (χ0) is 18.8. The molecule has 138 valence electrons. The molecule has 0 saturated carbocycles. The lowest BCUT2D eigenvalue weighted by atomic mass is 10.00. The third-order valence-electron chi connectivity index (χ3n) is 5.00. The quantitative estimate of drug-likeness (QED) is 0.749. The number of benzene rings is 2. The number of aromatic nitrogens is 1. The molecule has 1 aromatic heterocycles. The molecule has 0 bridgehead atoms. The SMILES string of the molecule is COc1ccc(C2c3cccn3CCN2C(=O)Nc2cccc(C)c2)cc1. The Morgan fingerprint density at radius 3 is 2.63 bits per heavy atom. The highest BCUT2D eigenvalue weighted by Gasteiger charge is 2.32. The molecule has 1 unspecified atom stereocenters. The maximum Gasteiger partial charge on any atom is 0.322 e. The molecule has 5 nitrogen and oxygen atoms in total. The Bertz CT molecular complexity index is 946. The van der Waals surface area contributed by atoms with E-state index in [0.29, 0.717) is 6.54 Å². The van der Waals surface area contributed by atoms with E-state index < -0.39 is 0 Å². The molecule has 3 aromatic rings. The molecule has 0 fully saturated rings. The van der Waals surface area contributed by atoms with Crippen LogP contribution < -0.4 is 10.1 Å². The summed E-state index contributed by atoms with van der Waals surface area (Å²) in [5, 5.41) is 3.05. The molecule has 0 radical (unpaired) electrons. The summed E-state index contributed by atoms with van der Waals surface area (Å²) in [4.78, 5) is 15.0. The molecule has 1 aliphatic rings. The highest BCUT2D eigenvalue weighted by molar-refractivity contribution is 5.90. The number of hydrogen-bond donors (Lipinski definition) is 1. The number of nitrogens with one attached hydrogen (secondary N) is 1. The molecular formula is C22H23N3O2. The van der Waals surface area contributed by atoms with E-state index >= 15 is 0 Å². The van der Waals surface area contributed by atoms with Gasteiger partial charge in [-0.15, -0.1) is 0 Å². The Kier molecular flexibility index (Phi) is 4.59. The summed E-state index contributed by atoms with van der Waals surface area (Å²) in [7, 11) is 1.66. The average Bonchev–Trinajstić information content (AvgIpc) is 3.16. The van der Waals surface area contributed by atoms with Gasteiger partial charge in [-0.25, -0.2) is 4.79 Å². The third-order valence-corrected chi connectivity index (χ3v) is 5.00. The van der Waals surface area contributed by atoms with Gasteiger partial charge in [-0.05, 0) is 54.4 Å². The van der Waals surface area contributed by atoms with Crippen LogP contribution in [-0.4, -0.2) is 29.2 Å². The number of amides is 2. The van der Waals surface area contributed by atoms with Crippen LogP contribution in [0.4, 0.5) is 10.5 Å². The van der Waals surface area contributed by atoms with Gasteiger partial charge in [-0.1, -0.05) is 24.3 Å². The van der Waals surface area contributed by atoms with Crippen molar-refractivity contribution in [1.82, 2.24) is 9.47 Å². The number of urea groups is 1. The molecule has 0 saturated heterocycles. The molecule has 1 aliphatic heterocycles. The number of hydrogen-bond acceptors (Lipinski definition) is 2. The minimum Gasteiger partial charge on any atom is -0.497 e. The van der Waals surface area contributed by atoms with E-state index in [2.05, 4.69) is 22.1 Å². The standard InChI is InChI=1S/C22H23N3O2/c1-16-5-3-6-18(15-16)23-22(26)25-14-13-24-12-4-7-20(24)21(25)17-8-10-19(27-2)11-9-17/h3-12,15,21H,13-14H2,1-2H3,(H,23,26). The summed E-state index contributed by atoms with van der Waals surface area (Å²) in [5.74, 6) is 0.806. The fraction of sp³-hybridized carbons (Fsp3) is 0.227. The number of nitrogens with zero attached hydrogens (tertiary/aromatic N) is 2. The Balaban J connectivity index is 1.66. The van der Waals surface area contributed by atoms with Gasteiger partial charge in [-0.2, -0.15) is 0 Å². The molecular weight excluding hydrogens is 338 g/mol. The van der Waals surface area contributed by atoms with Gasteiger partial charge >= 0.3 is 6.03 Å². The number of anilines is 1. The second-order valence-corrected chi connectivity index (χ2v) is 6.80. The maximum absolute atomic E-state index is 13.1. The second kappa shape index (κ2) is 7.19. The number of rotatable bonds is 3. The molecule has 2 amide bonds. The van der Waals surface area contributed by atoms with Crippen LogP contribution in [-0.2, 0) is 6.54 Å². The van der Waals surface area contributed by atoms with E-state index in [-0.39, 0.29) is 12.1 Å². The molecule has 27 heavy (non-hydrogen) atoms. The van der Waals surface area contributed by atoms with Gasteiger partial charge in [0.05, 0.1) is 13.2 Å². The minimum atomic E-state index is -0.135. The van der Waals surface area contributed by atoms with Crippen LogP contribution in [0.3, 0.4) is 0 Å². The third kappa shape index (κ3) is 3.40. The van der Waals surface area contributed by atoms with E-state index in [4.69, 9.17) is 4.74 Å². The van der Waals surface area contributed by atoms with Crippen LogP contribution >= 0.6 is 0 Å². The predicted molar refractivity (Wildman–Crippen MR) is 106 cm³/mol. The van der Waals surface area contributed by atoms with Crippen molar-refractivity contribution in [2.24, 2.45) is 0 Å². The van der Waals surface area contributed by atoms with E-state index in [9.17, 15) is 4.79 Å². The van der Waals surface area contributed by atoms with Crippen molar-refractivity contribution >= 4 is 11.7 Å². The first-order valence-corrected chi connectivity index (χ1v) is 9.09. The Hall–Kier alpha value is -3.21. The lowest BCUT2D eigenvalue weighted by Gasteiger charge is -2.37. The summed E-state index contributed by atoms with van der Waals surface area (Å²) < 4.78 is 7.49. The number of aryl methyl sites for hydroxylation is 1. The zero-order valence-corrected chi connectivity index (χ0v) is 15.6. The van der Waals surface area contributed by atoms with Gasteiger partial charge in [0.1, 0.15) is 5.75 Å². The summed E-state index contributed by atoms with van der Waals surface area (Å²) in [6.45, 7) is 3.45. The predicted octanol–water partition coefficient (Wildman–Crippen LogP) is 4.44. The van der Waals surface area contributed by atoms with Gasteiger partial charge < -0.3 is 19.5 Å². The number of ether oxygens (including phenoxy) is 1. The maximum atomic E-state index is 13.1. The second-order valence-electron chi connectivity index (χ2n) is 6.80. The van der Waals surface area contributed by atoms with E-state index in [1.165, 1.54) is 0 Å². The van der Waals surface area contributed by atoms with Crippen LogP contribution in [0, 0.1) is 6.92 Å². The highest BCUT2D eigenvalue weighted by atomic mass is 16.5. The first kappa shape index (κ1) is 17.2. The van der Waals surface area contributed by atoms with Crippen molar-refractivity contribution in [3.63, 3.8) is 0 Å². The lowest BCUT2D eigenvalue weighted by molar-refractivity contribution is 0.182. The number of fused-ring (bicyclic) bond motifs is 1. The zero-order valence-electron chi connectivity index (χ0n) is 15.6. The van der Waals surface area contributed by atoms with Crippen molar-refractivity contribution in [3.05, 3.63) is 83.7 Å². The molecule has 4 rings (SSSR count). The monoisotopic (exact) mass is 361 g/mol. The number of methoxy groups -OCH3 is 1. The van der Waals surface area contributed by atoms with Crippen LogP contribution in [0.2, 0.25) is 0 Å². The normalized spacial score (nSPS) is 15.9. The van der Waals surface area contributed by atoms with Crippen molar-refractivity contribution < 1.29 is 9.53 Å². The summed E-state index contributed by atoms with van der Waals surface area (Å²) >= 11 is 0. The van der Waals surface area contributed by atoms with Gasteiger partial charge in [-0.3, -0.25) is 0 Å². The molecule has 5 heteroatoms. The van der Waals surface area contributed by atoms with Gasteiger partial charge in [0.2, 0.25) is 0 Å². The molecule has 1 atom stereocenters. The van der Waals surface area contributed by atoms with Gasteiger partial charge in [0.25, 0.3) is 0 Å². The Morgan fingerprint density at radius 1 is 1.07 bits per heavy atom. The van der Waals surface area contributed by atoms with Crippen molar-refractivity contribution in [2.45, 2.75) is 19.5 Å². The fourth-order valence-electron chi connectivity index (χ4n) is 3.66. The van der Waals surface area contributed by atoms with Crippen LogP contribution in [0.1, 0.15) is 22.9 Å². The van der Waals surface area contributed by atoms with Crippen LogP contribution in [0.5, 0.6) is 5.75 Å². The minimum absolute atomic E-state index is 0.0890. The smallest absolute Gasteiger partial charge is 0.322 e. The van der Waals surface area contributed by atoms with Gasteiger partial charge in [0, 0.05) is 30.7 Å². The van der Waals surface area contributed by atoms with E-state index in [1.54, 1.807) is 7.11 Å². The molecule has 2 aromatic carbocycles. The Labute approximate surface area is 159 Å². The number of carbonyl (C=O) groups excluding carboxylic acids is 1. The number of carbonyl (C=O) groups is 1. The first-order valence-electron chi connectivity index (χ1n) is 9.09. The molecule has 0 aliphatic carbocycles. The lowest BCUT2D eigenvalue weighted by Crippen LogP contribution is -2.44. The largest absolute Gasteiger partial charge is 0.497 e. The Morgan fingerprint density at radius 2 is 1.89 bits per heavy atom.